The maximum atomic E-state index is 14.0. The summed E-state index contributed by atoms with van der Waals surface area (Å²) in [6.45, 7) is 2.58. The largest absolute Gasteiger partial charge is 0.468 e. The minimum Gasteiger partial charge on any atom is -0.468 e. The topological polar surface area (TPSA) is 85.4 Å². The van der Waals surface area contributed by atoms with E-state index in [-0.39, 0.29) is 24.6 Å². The molecule has 2 aliphatic rings. The van der Waals surface area contributed by atoms with Crippen molar-refractivity contribution in [1.82, 2.24) is 9.80 Å². The highest BCUT2D eigenvalue weighted by Crippen LogP contribution is 2.35. The number of carbonyl (C=O) groups is 3. The molecule has 182 valence electrons. The van der Waals surface area contributed by atoms with E-state index in [9.17, 15) is 23.2 Å². The molecule has 0 aromatic heterocycles. The number of benzene rings is 1. The Bertz CT molecular complexity index is 841. The van der Waals surface area contributed by atoms with Gasteiger partial charge in [0.2, 0.25) is 5.91 Å². The summed E-state index contributed by atoms with van der Waals surface area (Å²) in [5.41, 5.74) is 0.140. The lowest BCUT2D eigenvalue weighted by molar-refractivity contribution is -0.158. The predicted molar refractivity (Wildman–Crippen MR) is 113 cm³/mol. The zero-order valence-corrected chi connectivity index (χ0v) is 18.9. The molecule has 33 heavy (non-hydrogen) atoms. The third-order valence-electron chi connectivity index (χ3n) is 6.08. The molecule has 0 aliphatic carbocycles. The van der Waals surface area contributed by atoms with Gasteiger partial charge in [0.05, 0.1) is 19.8 Å². The monoisotopic (exact) mass is 468 g/mol. The van der Waals surface area contributed by atoms with E-state index in [0.717, 1.165) is 24.6 Å². The first kappa shape index (κ1) is 24.9. The molecule has 0 saturated carbocycles. The summed E-state index contributed by atoms with van der Waals surface area (Å²) in [6, 6.07) is 1.10. The molecule has 8 nitrogen and oxygen atoms in total. The van der Waals surface area contributed by atoms with Crippen LogP contribution >= 0.6 is 0 Å². The third kappa shape index (κ3) is 5.98. The fraction of sp³-hybridized carbons (Fsp3) is 0.609. The summed E-state index contributed by atoms with van der Waals surface area (Å²) >= 11 is 0. The second-order valence-corrected chi connectivity index (χ2v) is 8.28. The first-order valence-corrected chi connectivity index (χ1v) is 11.2. The number of amides is 2. The van der Waals surface area contributed by atoms with Gasteiger partial charge in [-0.05, 0) is 42.9 Å². The Morgan fingerprint density at radius 3 is 2.42 bits per heavy atom. The van der Waals surface area contributed by atoms with Crippen LogP contribution in [0, 0.1) is 17.6 Å². The van der Waals surface area contributed by atoms with Crippen molar-refractivity contribution >= 4 is 18.0 Å². The average Bonchev–Trinajstić information content (AvgIpc) is 2.79. The van der Waals surface area contributed by atoms with Gasteiger partial charge in [-0.1, -0.05) is 13.3 Å². The number of rotatable bonds is 7. The van der Waals surface area contributed by atoms with Crippen molar-refractivity contribution in [3.05, 3.63) is 35.4 Å². The molecule has 2 aliphatic heterocycles. The molecule has 1 aromatic rings. The highest BCUT2D eigenvalue weighted by molar-refractivity contribution is 5.90. The van der Waals surface area contributed by atoms with E-state index in [4.69, 9.17) is 14.2 Å². The molecule has 0 N–H and O–H groups in total. The molecule has 10 heteroatoms. The molecule has 2 unspecified atom stereocenters. The summed E-state index contributed by atoms with van der Waals surface area (Å²) in [7, 11) is 1.20. The minimum atomic E-state index is -0.948. The minimum absolute atomic E-state index is 0.0708. The molecule has 2 amide bonds. The molecule has 0 bridgehead atoms. The molecule has 1 aromatic carbocycles. The van der Waals surface area contributed by atoms with E-state index in [1.54, 1.807) is 0 Å². The fourth-order valence-corrected chi connectivity index (χ4v) is 4.36. The van der Waals surface area contributed by atoms with Gasteiger partial charge in [-0.25, -0.2) is 13.6 Å². The number of methoxy groups -OCH3 is 1. The Hall–Kier alpha value is -2.75. The molecule has 2 atom stereocenters. The normalized spacial score (nSPS) is 21.8. The van der Waals surface area contributed by atoms with Crippen molar-refractivity contribution in [2.45, 2.75) is 44.7 Å². The number of halogens is 2. The van der Waals surface area contributed by atoms with Gasteiger partial charge in [0.1, 0.15) is 24.2 Å². The first-order valence-electron chi connectivity index (χ1n) is 11.2. The van der Waals surface area contributed by atoms with Crippen molar-refractivity contribution in [2.75, 3.05) is 40.0 Å². The van der Waals surface area contributed by atoms with Crippen molar-refractivity contribution in [1.29, 1.82) is 0 Å². The molecule has 2 fully saturated rings. The smallest absolute Gasteiger partial charge is 0.410 e. The van der Waals surface area contributed by atoms with E-state index in [2.05, 4.69) is 0 Å². The van der Waals surface area contributed by atoms with Crippen LogP contribution in [0.2, 0.25) is 0 Å². The van der Waals surface area contributed by atoms with Crippen molar-refractivity contribution in [3.8, 4) is 0 Å². The van der Waals surface area contributed by atoms with E-state index < -0.39 is 48.2 Å². The summed E-state index contributed by atoms with van der Waals surface area (Å²) in [5, 5.41) is 0. The van der Waals surface area contributed by atoms with Crippen molar-refractivity contribution < 1.29 is 37.4 Å². The van der Waals surface area contributed by atoms with Crippen LogP contribution < -0.4 is 0 Å². The zero-order chi connectivity index (χ0) is 24.0. The summed E-state index contributed by atoms with van der Waals surface area (Å²) in [5.74, 6) is -3.00. The fourth-order valence-electron chi connectivity index (χ4n) is 4.36. The van der Waals surface area contributed by atoms with Gasteiger partial charge >= 0.3 is 12.1 Å². The standard InChI is InChI=1S/C23H30F2N2O6/c1-3-4-7-33-23(30)27-13-19(16-10-17(24)12-18(25)11-16)26(14-20(28)31-2)22(29)21(27)15-5-8-32-9-6-15/h10-12,15,19,21H,3-9,13-14H2,1-2H3. The Morgan fingerprint density at radius 2 is 1.82 bits per heavy atom. The van der Waals surface area contributed by atoms with Gasteiger partial charge in [0, 0.05) is 25.8 Å². The van der Waals surface area contributed by atoms with E-state index >= 15 is 0 Å². The van der Waals surface area contributed by atoms with Crippen LogP contribution in [0.3, 0.4) is 0 Å². The van der Waals surface area contributed by atoms with Crippen molar-refractivity contribution in [2.24, 2.45) is 5.92 Å². The van der Waals surface area contributed by atoms with Crippen molar-refractivity contribution in [3.63, 3.8) is 0 Å². The van der Waals surface area contributed by atoms with Gasteiger partial charge in [0.15, 0.2) is 0 Å². The second-order valence-electron chi connectivity index (χ2n) is 8.28. The van der Waals surface area contributed by atoms with E-state index in [1.165, 1.54) is 16.9 Å². The number of unbranched alkanes of at least 4 members (excludes halogenated alkanes) is 1. The quantitative estimate of drug-likeness (QED) is 0.452. The van der Waals surface area contributed by atoms with Crippen LogP contribution in [0.5, 0.6) is 0 Å². The van der Waals surface area contributed by atoms with Gasteiger partial charge in [-0.15, -0.1) is 0 Å². The zero-order valence-electron chi connectivity index (χ0n) is 18.9. The molecule has 3 rings (SSSR count). The SMILES string of the molecule is CCCCOC(=O)N1CC(c2cc(F)cc(F)c2)N(CC(=O)OC)C(=O)C1C1CCOCC1. The number of hydrogen-bond donors (Lipinski definition) is 0. The maximum Gasteiger partial charge on any atom is 0.410 e. The van der Waals surface area contributed by atoms with Crippen LogP contribution in [-0.4, -0.2) is 73.8 Å². The lowest BCUT2D eigenvalue weighted by Gasteiger charge is -2.47. The number of ether oxygens (including phenoxy) is 3. The third-order valence-corrected chi connectivity index (χ3v) is 6.08. The summed E-state index contributed by atoms with van der Waals surface area (Å²) in [4.78, 5) is 41.5. The number of hydrogen-bond acceptors (Lipinski definition) is 6. The number of piperazine rings is 1. The van der Waals surface area contributed by atoms with Gasteiger partial charge < -0.3 is 19.1 Å². The molecule has 0 spiro atoms. The van der Waals surface area contributed by atoms with E-state index in [1.807, 2.05) is 6.92 Å². The predicted octanol–water partition coefficient (Wildman–Crippen LogP) is 3.06. The van der Waals surface area contributed by atoms with Crippen LogP contribution in [0.15, 0.2) is 18.2 Å². The second kappa shape index (κ2) is 11.4. The van der Waals surface area contributed by atoms with Gasteiger partial charge in [-0.3, -0.25) is 14.5 Å². The molecule has 0 radical (unpaired) electrons. The van der Waals surface area contributed by atoms with E-state index in [0.29, 0.717) is 32.5 Å². The molecular weight excluding hydrogens is 438 g/mol. The highest BCUT2D eigenvalue weighted by Gasteiger charge is 2.48. The van der Waals surface area contributed by atoms with Crippen LogP contribution in [0.1, 0.15) is 44.2 Å². The average molecular weight is 468 g/mol. The Balaban J connectivity index is 1.99. The molecule has 2 heterocycles. The van der Waals surface area contributed by atoms with Crippen LogP contribution in [0.4, 0.5) is 13.6 Å². The summed E-state index contributed by atoms with van der Waals surface area (Å²) in [6.07, 6.45) is 1.95. The van der Waals surface area contributed by atoms with Gasteiger partial charge in [0.25, 0.3) is 0 Å². The summed E-state index contributed by atoms with van der Waals surface area (Å²) < 4.78 is 43.6. The Labute approximate surface area is 191 Å². The van der Waals surface area contributed by atoms with Crippen LogP contribution in [0.25, 0.3) is 0 Å². The highest BCUT2D eigenvalue weighted by atomic mass is 19.1. The lowest BCUT2D eigenvalue weighted by Crippen LogP contribution is -2.63. The lowest BCUT2D eigenvalue weighted by atomic mass is 9.86. The van der Waals surface area contributed by atoms with Crippen LogP contribution in [-0.2, 0) is 23.8 Å². The molecular formula is C23H30F2N2O6. The Morgan fingerprint density at radius 1 is 1.15 bits per heavy atom. The van der Waals surface area contributed by atoms with Gasteiger partial charge in [-0.2, -0.15) is 0 Å². The molecule has 2 saturated heterocycles. The number of nitrogens with zero attached hydrogens (tertiary/aromatic N) is 2. The first-order chi connectivity index (χ1) is 15.8. The maximum absolute atomic E-state index is 14.0. The Kier molecular flexibility index (Phi) is 8.60. The number of esters is 1. The number of carbonyl (C=O) groups excluding carboxylic acids is 3.